The summed E-state index contributed by atoms with van der Waals surface area (Å²) in [5.74, 6) is -0.645. The van der Waals surface area contributed by atoms with E-state index in [2.05, 4.69) is 9.72 Å². The number of rotatable bonds is 2. The second-order valence-corrected chi connectivity index (χ2v) is 4.67. The summed E-state index contributed by atoms with van der Waals surface area (Å²) < 4.78 is 30.5. The minimum absolute atomic E-state index is 0.00431. The van der Waals surface area contributed by atoms with Crippen LogP contribution in [0.15, 0.2) is 6.07 Å². The summed E-state index contributed by atoms with van der Waals surface area (Å²) in [5, 5.41) is 0.140. The highest BCUT2D eigenvalue weighted by molar-refractivity contribution is 7.21. The molecule has 0 radical (unpaired) electrons. The van der Waals surface area contributed by atoms with Crippen molar-refractivity contribution in [1.29, 1.82) is 0 Å². The molecular weight excluding hydrogens is 262 g/mol. The number of anilines is 1. The minimum Gasteiger partial charge on any atom is -0.465 e. The molecule has 2 aromatic heterocycles. The third-order valence-electron chi connectivity index (χ3n) is 2.46. The van der Waals surface area contributed by atoms with Crippen LogP contribution < -0.4 is 5.73 Å². The maximum absolute atomic E-state index is 13.0. The average molecular weight is 272 g/mol. The number of aryl methyl sites for hydroxylation is 1. The summed E-state index contributed by atoms with van der Waals surface area (Å²) in [4.78, 5) is 16.0. The van der Waals surface area contributed by atoms with E-state index in [1.165, 1.54) is 13.2 Å². The quantitative estimate of drug-likeness (QED) is 0.854. The van der Waals surface area contributed by atoms with E-state index in [1.54, 1.807) is 6.92 Å². The van der Waals surface area contributed by atoms with Gasteiger partial charge in [0.25, 0.3) is 6.43 Å². The molecule has 0 saturated heterocycles. The molecular formula is C11H10F2N2O2S. The third-order valence-corrected chi connectivity index (χ3v) is 3.54. The number of hydrogen-bond donors (Lipinski definition) is 1. The van der Waals surface area contributed by atoms with E-state index in [1.807, 2.05) is 0 Å². The molecule has 0 atom stereocenters. The van der Waals surface area contributed by atoms with E-state index >= 15 is 0 Å². The van der Waals surface area contributed by atoms with Crippen LogP contribution in [-0.4, -0.2) is 18.1 Å². The number of thiophene rings is 1. The second kappa shape index (κ2) is 4.49. The Morgan fingerprint density at radius 3 is 2.78 bits per heavy atom. The number of nitrogens with two attached hydrogens (primary N) is 1. The molecule has 0 aliphatic rings. The zero-order valence-corrected chi connectivity index (χ0v) is 10.5. The van der Waals surface area contributed by atoms with Crippen LogP contribution in [0.5, 0.6) is 0 Å². The molecule has 2 heterocycles. The van der Waals surface area contributed by atoms with Gasteiger partial charge in [0.2, 0.25) is 0 Å². The van der Waals surface area contributed by atoms with Crippen molar-refractivity contribution in [3.05, 3.63) is 22.2 Å². The lowest BCUT2D eigenvalue weighted by Gasteiger charge is -2.04. The first-order valence-corrected chi connectivity index (χ1v) is 5.83. The molecule has 96 valence electrons. The number of alkyl halides is 2. The number of ether oxygens (including phenoxy) is 1. The third kappa shape index (κ3) is 1.90. The van der Waals surface area contributed by atoms with Crippen LogP contribution in [-0.2, 0) is 4.74 Å². The van der Waals surface area contributed by atoms with Gasteiger partial charge in [-0.1, -0.05) is 0 Å². The fourth-order valence-corrected chi connectivity index (χ4v) is 2.79. The Morgan fingerprint density at radius 1 is 1.56 bits per heavy atom. The van der Waals surface area contributed by atoms with E-state index in [-0.39, 0.29) is 21.5 Å². The van der Waals surface area contributed by atoms with Crippen LogP contribution in [0.2, 0.25) is 0 Å². The van der Waals surface area contributed by atoms with Crippen molar-refractivity contribution in [2.24, 2.45) is 0 Å². The van der Waals surface area contributed by atoms with Gasteiger partial charge >= 0.3 is 5.97 Å². The van der Waals surface area contributed by atoms with Crippen molar-refractivity contribution in [1.82, 2.24) is 4.98 Å². The molecule has 2 rings (SSSR count). The van der Waals surface area contributed by atoms with Crippen molar-refractivity contribution >= 4 is 33.2 Å². The van der Waals surface area contributed by atoms with Crippen LogP contribution >= 0.6 is 11.3 Å². The van der Waals surface area contributed by atoms with Crippen LogP contribution in [0, 0.1) is 6.92 Å². The molecule has 0 bridgehead atoms. The first-order chi connectivity index (χ1) is 8.45. The fourth-order valence-electron chi connectivity index (χ4n) is 1.70. The molecule has 0 aliphatic carbocycles. The minimum atomic E-state index is -2.67. The largest absolute Gasteiger partial charge is 0.465 e. The number of pyridine rings is 1. The Hall–Kier alpha value is -1.76. The van der Waals surface area contributed by atoms with Crippen molar-refractivity contribution < 1.29 is 18.3 Å². The maximum Gasteiger partial charge on any atom is 0.350 e. The molecule has 4 nitrogen and oxygen atoms in total. The molecule has 0 aromatic carbocycles. The number of nitrogens with zero attached hydrogens (tertiary/aromatic N) is 1. The van der Waals surface area contributed by atoms with E-state index in [4.69, 9.17) is 5.73 Å². The van der Waals surface area contributed by atoms with Crippen molar-refractivity contribution in [2.75, 3.05) is 12.8 Å². The van der Waals surface area contributed by atoms with Crippen molar-refractivity contribution in [2.45, 2.75) is 13.3 Å². The first-order valence-electron chi connectivity index (χ1n) is 5.01. The summed E-state index contributed by atoms with van der Waals surface area (Å²) in [7, 11) is 1.21. The predicted octanol–water partition coefficient (Wildman–Crippen LogP) is 2.91. The van der Waals surface area contributed by atoms with Gasteiger partial charge in [0.05, 0.1) is 12.8 Å². The number of hydrogen-bond acceptors (Lipinski definition) is 5. The van der Waals surface area contributed by atoms with E-state index in [0.717, 1.165) is 11.3 Å². The highest BCUT2D eigenvalue weighted by Gasteiger charge is 2.23. The fraction of sp³-hybridized carbons (Fsp3) is 0.273. The van der Waals surface area contributed by atoms with Crippen LogP contribution in [0.3, 0.4) is 0 Å². The van der Waals surface area contributed by atoms with Crippen LogP contribution in [0.4, 0.5) is 14.5 Å². The Labute approximate surface area is 105 Å². The van der Waals surface area contributed by atoms with Gasteiger partial charge < -0.3 is 10.5 Å². The first kappa shape index (κ1) is 12.7. The van der Waals surface area contributed by atoms with Gasteiger partial charge in [-0.3, -0.25) is 0 Å². The smallest absolute Gasteiger partial charge is 0.350 e. The molecule has 18 heavy (non-hydrogen) atoms. The zero-order valence-electron chi connectivity index (χ0n) is 9.66. The molecule has 0 aliphatic heterocycles. The molecule has 7 heteroatoms. The standard InChI is InChI=1S/C11H10F2N2O2S/c1-4-3-5(9(12)13)6-7(14)8(11(16)17-2)18-10(6)15-4/h3,9H,14H2,1-2H3. The number of halogens is 2. The summed E-state index contributed by atoms with van der Waals surface area (Å²) in [5.41, 5.74) is 5.99. The lowest BCUT2D eigenvalue weighted by atomic mass is 10.1. The second-order valence-electron chi connectivity index (χ2n) is 3.67. The number of carbonyl (C=O) groups is 1. The number of esters is 1. The molecule has 0 amide bonds. The lowest BCUT2D eigenvalue weighted by Crippen LogP contribution is -2.02. The summed E-state index contributed by atoms with van der Waals surface area (Å²) in [6.45, 7) is 1.61. The number of aromatic nitrogens is 1. The highest BCUT2D eigenvalue weighted by atomic mass is 32.1. The SMILES string of the molecule is COC(=O)c1sc2nc(C)cc(C(F)F)c2c1N. The monoisotopic (exact) mass is 272 g/mol. The van der Waals surface area contributed by atoms with Gasteiger partial charge in [-0.05, 0) is 13.0 Å². The van der Waals surface area contributed by atoms with Gasteiger partial charge in [-0.15, -0.1) is 11.3 Å². The Morgan fingerprint density at radius 2 is 2.22 bits per heavy atom. The number of carbonyl (C=O) groups excluding carboxylic acids is 1. The van der Waals surface area contributed by atoms with Gasteiger partial charge in [-0.2, -0.15) is 0 Å². The Balaban J connectivity index is 2.80. The predicted molar refractivity (Wildman–Crippen MR) is 65.1 cm³/mol. The number of methoxy groups -OCH3 is 1. The zero-order chi connectivity index (χ0) is 13.4. The molecule has 2 N–H and O–H groups in total. The molecule has 0 spiro atoms. The van der Waals surface area contributed by atoms with Crippen molar-refractivity contribution in [3.8, 4) is 0 Å². The maximum atomic E-state index is 13.0. The highest BCUT2D eigenvalue weighted by Crippen LogP contribution is 2.38. The number of fused-ring (bicyclic) bond motifs is 1. The normalized spacial score (nSPS) is 11.2. The molecule has 0 fully saturated rings. The van der Waals surface area contributed by atoms with Crippen LogP contribution in [0.1, 0.15) is 27.4 Å². The molecule has 0 saturated carbocycles. The van der Waals surface area contributed by atoms with Gasteiger partial charge in [-0.25, -0.2) is 18.6 Å². The molecule has 2 aromatic rings. The Kier molecular flexibility index (Phi) is 3.16. The van der Waals surface area contributed by atoms with Gasteiger partial charge in [0, 0.05) is 16.6 Å². The lowest BCUT2D eigenvalue weighted by molar-refractivity contribution is 0.0607. The van der Waals surface area contributed by atoms with Crippen molar-refractivity contribution in [3.63, 3.8) is 0 Å². The van der Waals surface area contributed by atoms with E-state index in [9.17, 15) is 13.6 Å². The Bertz CT molecular complexity index is 625. The van der Waals surface area contributed by atoms with Gasteiger partial charge in [0.1, 0.15) is 9.71 Å². The average Bonchev–Trinajstić information content (AvgIpc) is 2.64. The summed E-state index contributed by atoms with van der Waals surface area (Å²) >= 11 is 0.958. The van der Waals surface area contributed by atoms with E-state index < -0.39 is 12.4 Å². The summed E-state index contributed by atoms with van der Waals surface area (Å²) in [6, 6.07) is 1.27. The topological polar surface area (TPSA) is 65.2 Å². The van der Waals surface area contributed by atoms with Crippen LogP contribution in [0.25, 0.3) is 10.2 Å². The number of nitrogen functional groups attached to an aromatic ring is 1. The summed E-state index contributed by atoms with van der Waals surface area (Å²) in [6.07, 6.45) is -2.67. The van der Waals surface area contributed by atoms with Gasteiger partial charge in [0.15, 0.2) is 0 Å². The van der Waals surface area contributed by atoms with E-state index in [0.29, 0.717) is 10.5 Å². The molecule has 0 unspecified atom stereocenters.